The number of benzene rings is 2. The second-order valence-corrected chi connectivity index (χ2v) is 8.02. The highest BCUT2D eigenvalue weighted by Gasteiger charge is 2.08. The van der Waals surface area contributed by atoms with Gasteiger partial charge >= 0.3 is 0 Å². The van der Waals surface area contributed by atoms with Crippen LogP contribution in [0.5, 0.6) is 0 Å². The second kappa shape index (κ2) is 9.25. The number of nitro benzene ring substituents is 1. The molecule has 0 fully saturated rings. The van der Waals surface area contributed by atoms with Crippen molar-refractivity contribution in [3.8, 4) is 0 Å². The van der Waals surface area contributed by atoms with E-state index in [2.05, 4.69) is 39.8 Å². The van der Waals surface area contributed by atoms with E-state index < -0.39 is 4.92 Å². The van der Waals surface area contributed by atoms with Crippen molar-refractivity contribution in [3.63, 3.8) is 0 Å². The molecule has 9 heteroatoms. The van der Waals surface area contributed by atoms with Gasteiger partial charge in [0.1, 0.15) is 0 Å². The minimum atomic E-state index is -0.478. The fourth-order valence-corrected chi connectivity index (χ4v) is 3.92. The zero-order valence-electron chi connectivity index (χ0n) is 14.9. The van der Waals surface area contributed by atoms with Crippen molar-refractivity contribution in [1.82, 2.24) is 10.2 Å². The maximum atomic E-state index is 12.0. The van der Waals surface area contributed by atoms with Crippen LogP contribution >= 0.6 is 23.1 Å². The van der Waals surface area contributed by atoms with Crippen molar-refractivity contribution in [3.05, 3.63) is 81.4 Å². The fourth-order valence-electron chi connectivity index (χ4n) is 2.21. The van der Waals surface area contributed by atoms with Gasteiger partial charge in [0.25, 0.3) is 5.69 Å². The molecular formula is C19H16N4O3S2. The molecule has 0 unspecified atom stereocenters. The number of rotatable bonds is 7. The van der Waals surface area contributed by atoms with Crippen molar-refractivity contribution in [2.75, 3.05) is 5.32 Å². The maximum absolute atomic E-state index is 12.0. The number of thioether (sulfide) groups is 1. The lowest BCUT2D eigenvalue weighted by molar-refractivity contribution is -0.384. The number of nitrogens with one attached hydrogen (secondary N) is 1. The number of hydrogen-bond donors (Lipinski definition) is 1. The summed E-state index contributed by atoms with van der Waals surface area (Å²) in [5.41, 5.74) is 2.95. The number of carbonyl (C=O) groups excluding carboxylic acids is 1. The van der Waals surface area contributed by atoms with Gasteiger partial charge in [-0.15, -0.1) is 10.2 Å². The molecule has 1 amide bonds. The number of anilines is 1. The Balaban J connectivity index is 1.54. The van der Waals surface area contributed by atoms with E-state index in [4.69, 9.17) is 0 Å². The van der Waals surface area contributed by atoms with Crippen molar-refractivity contribution in [2.24, 2.45) is 0 Å². The molecule has 7 nitrogen and oxygen atoms in total. The number of nitrogens with zero attached hydrogens (tertiary/aromatic N) is 3. The molecule has 0 saturated heterocycles. The van der Waals surface area contributed by atoms with Crippen LogP contribution in [0.15, 0.2) is 58.9 Å². The van der Waals surface area contributed by atoms with Gasteiger partial charge in [0.05, 0.1) is 4.92 Å². The van der Waals surface area contributed by atoms with Crippen LogP contribution in [0.1, 0.15) is 16.7 Å². The molecule has 3 rings (SSSR count). The van der Waals surface area contributed by atoms with Crippen molar-refractivity contribution >= 4 is 45.9 Å². The molecular weight excluding hydrogens is 396 g/mol. The second-order valence-electron chi connectivity index (χ2n) is 5.82. The largest absolute Gasteiger partial charge is 0.297 e. The first kappa shape index (κ1) is 19.7. The molecule has 0 aliphatic carbocycles. The quantitative estimate of drug-likeness (QED) is 0.199. The number of non-ortho nitro benzene ring substituents is 1. The minimum Gasteiger partial charge on any atom is -0.297 e. The van der Waals surface area contributed by atoms with E-state index in [0.29, 0.717) is 10.7 Å². The van der Waals surface area contributed by atoms with Crippen LogP contribution in [0.3, 0.4) is 0 Å². The lowest BCUT2D eigenvalue weighted by Crippen LogP contribution is -2.07. The Morgan fingerprint density at radius 1 is 1.25 bits per heavy atom. The van der Waals surface area contributed by atoms with Gasteiger partial charge in [-0.3, -0.25) is 20.2 Å². The third-order valence-corrected chi connectivity index (χ3v) is 5.67. The smallest absolute Gasteiger partial charge is 0.270 e. The van der Waals surface area contributed by atoms with Gasteiger partial charge in [0.15, 0.2) is 4.34 Å². The van der Waals surface area contributed by atoms with E-state index >= 15 is 0 Å². The number of aryl methyl sites for hydroxylation is 1. The van der Waals surface area contributed by atoms with E-state index in [0.717, 1.165) is 10.1 Å². The number of nitro groups is 1. The molecule has 0 aliphatic rings. The summed E-state index contributed by atoms with van der Waals surface area (Å²) in [6, 6.07) is 14.3. The molecule has 2 aromatic carbocycles. The Morgan fingerprint density at radius 2 is 2.04 bits per heavy atom. The topological polar surface area (TPSA) is 98.0 Å². The van der Waals surface area contributed by atoms with E-state index in [1.54, 1.807) is 23.9 Å². The van der Waals surface area contributed by atoms with Crippen LogP contribution in [-0.4, -0.2) is 21.0 Å². The summed E-state index contributed by atoms with van der Waals surface area (Å²) in [7, 11) is 0. The van der Waals surface area contributed by atoms with Crippen molar-refractivity contribution < 1.29 is 9.72 Å². The van der Waals surface area contributed by atoms with Gasteiger partial charge in [0, 0.05) is 24.0 Å². The normalized spacial score (nSPS) is 10.9. The Morgan fingerprint density at radius 3 is 2.79 bits per heavy atom. The van der Waals surface area contributed by atoms with Gasteiger partial charge < -0.3 is 0 Å². The molecule has 142 valence electrons. The minimum absolute atomic E-state index is 0.0260. The van der Waals surface area contributed by atoms with Gasteiger partial charge in [-0.25, -0.2) is 0 Å². The fraction of sp³-hybridized carbons (Fsp3) is 0.105. The Bertz CT molecular complexity index is 1020. The third-order valence-electron chi connectivity index (χ3n) is 3.63. The molecule has 0 atom stereocenters. The Kier molecular flexibility index (Phi) is 6.51. The van der Waals surface area contributed by atoms with Crippen LogP contribution < -0.4 is 5.32 Å². The van der Waals surface area contributed by atoms with Gasteiger partial charge in [0.2, 0.25) is 11.0 Å². The van der Waals surface area contributed by atoms with Crippen LogP contribution in [0.2, 0.25) is 0 Å². The molecule has 1 N–H and O–H groups in total. The molecule has 0 spiro atoms. The predicted octanol–water partition coefficient (Wildman–Crippen LogP) is 4.70. The van der Waals surface area contributed by atoms with Crippen molar-refractivity contribution in [1.29, 1.82) is 0 Å². The average Bonchev–Trinajstić information content (AvgIpc) is 3.13. The highest BCUT2D eigenvalue weighted by molar-refractivity contribution is 8.00. The summed E-state index contributed by atoms with van der Waals surface area (Å²) in [6.07, 6.45) is 2.82. The molecule has 0 radical (unpaired) electrons. The van der Waals surface area contributed by atoms with Crippen LogP contribution in [0.25, 0.3) is 6.08 Å². The lowest BCUT2D eigenvalue weighted by Gasteiger charge is -1.99. The van der Waals surface area contributed by atoms with Crippen molar-refractivity contribution in [2.45, 2.75) is 17.0 Å². The SMILES string of the molecule is Cc1ccc(CSc2nnc(NC(=O)/C=C/c3cccc([N+](=O)[O-])c3)s2)cc1. The summed E-state index contributed by atoms with van der Waals surface area (Å²) in [4.78, 5) is 22.3. The van der Waals surface area contributed by atoms with E-state index in [1.807, 2.05) is 6.92 Å². The van der Waals surface area contributed by atoms with Crippen LogP contribution in [-0.2, 0) is 10.5 Å². The Labute approximate surface area is 169 Å². The number of hydrogen-bond acceptors (Lipinski definition) is 7. The number of carbonyl (C=O) groups is 1. The standard InChI is InChI=1S/C19H16N4O3S2/c1-13-5-7-15(8-6-13)12-27-19-22-21-18(28-19)20-17(24)10-9-14-3-2-4-16(11-14)23(25)26/h2-11H,12H2,1H3,(H,20,21,24)/b10-9+. The average molecular weight is 412 g/mol. The Hall–Kier alpha value is -3.04. The molecule has 1 heterocycles. The molecule has 3 aromatic rings. The first-order valence-electron chi connectivity index (χ1n) is 8.25. The summed E-state index contributed by atoms with van der Waals surface area (Å²) < 4.78 is 0.763. The van der Waals surface area contributed by atoms with E-state index in [-0.39, 0.29) is 11.6 Å². The zero-order chi connectivity index (χ0) is 19.9. The van der Waals surface area contributed by atoms with E-state index in [1.165, 1.54) is 46.7 Å². The highest BCUT2D eigenvalue weighted by atomic mass is 32.2. The lowest BCUT2D eigenvalue weighted by atomic mass is 10.2. The predicted molar refractivity (Wildman–Crippen MR) is 111 cm³/mol. The third kappa shape index (κ3) is 5.73. The number of aromatic nitrogens is 2. The maximum Gasteiger partial charge on any atom is 0.270 e. The monoisotopic (exact) mass is 412 g/mol. The summed E-state index contributed by atoms with van der Waals surface area (Å²) in [5, 5.41) is 21.9. The zero-order valence-corrected chi connectivity index (χ0v) is 16.5. The summed E-state index contributed by atoms with van der Waals surface area (Å²) in [6.45, 7) is 2.05. The van der Waals surface area contributed by atoms with E-state index in [9.17, 15) is 14.9 Å². The van der Waals surface area contributed by atoms with Gasteiger partial charge in [-0.2, -0.15) is 0 Å². The van der Waals surface area contributed by atoms with Crippen LogP contribution in [0.4, 0.5) is 10.8 Å². The molecule has 0 bridgehead atoms. The van der Waals surface area contributed by atoms with Crippen LogP contribution in [0, 0.1) is 17.0 Å². The summed E-state index contributed by atoms with van der Waals surface area (Å²) in [5.74, 6) is 0.396. The highest BCUT2D eigenvalue weighted by Crippen LogP contribution is 2.28. The summed E-state index contributed by atoms with van der Waals surface area (Å²) >= 11 is 2.85. The molecule has 1 aromatic heterocycles. The van der Waals surface area contributed by atoms with Gasteiger partial charge in [-0.1, -0.05) is 65.1 Å². The first-order chi connectivity index (χ1) is 13.5. The molecule has 28 heavy (non-hydrogen) atoms. The first-order valence-corrected chi connectivity index (χ1v) is 10.1. The molecule has 0 aliphatic heterocycles. The van der Waals surface area contributed by atoms with Gasteiger partial charge in [-0.05, 0) is 24.1 Å². The number of amides is 1. The molecule has 0 saturated carbocycles.